The van der Waals surface area contributed by atoms with Crippen LogP contribution in [0.3, 0.4) is 0 Å². The van der Waals surface area contributed by atoms with Gasteiger partial charge in [0.2, 0.25) is 0 Å². The van der Waals surface area contributed by atoms with Crippen LogP contribution in [-0.4, -0.2) is 32.6 Å². The maximum atomic E-state index is 12.6. The maximum absolute atomic E-state index is 12.6. The molecule has 1 unspecified atom stereocenters. The molecule has 24 heavy (non-hydrogen) atoms. The van der Waals surface area contributed by atoms with Crippen LogP contribution >= 0.6 is 0 Å². The van der Waals surface area contributed by atoms with Gasteiger partial charge in [0.25, 0.3) is 0 Å². The average molecular weight is 325 g/mol. The summed E-state index contributed by atoms with van der Waals surface area (Å²) in [6.45, 7) is 13.4. The highest BCUT2D eigenvalue weighted by Crippen LogP contribution is 2.53. The highest BCUT2D eigenvalue weighted by atomic mass is 16.6. The van der Waals surface area contributed by atoms with Crippen molar-refractivity contribution in [3.63, 3.8) is 0 Å². The van der Waals surface area contributed by atoms with E-state index in [9.17, 15) is 4.79 Å². The predicted octanol–water partition coefficient (Wildman–Crippen LogP) is 1.86. The molecule has 5 nitrogen and oxygen atoms in total. The Hall–Kier alpha value is -2.48. The topological polar surface area (TPSA) is 58.2 Å². The van der Waals surface area contributed by atoms with E-state index in [1.54, 1.807) is 6.08 Å². The summed E-state index contributed by atoms with van der Waals surface area (Å²) < 4.78 is 5.57. The number of nitrogens with one attached hydrogen (secondary N) is 1. The van der Waals surface area contributed by atoms with Crippen molar-refractivity contribution < 1.29 is 9.53 Å². The molecule has 1 aromatic heterocycles. The molecule has 2 fully saturated rings. The molecule has 1 amide bonds. The van der Waals surface area contributed by atoms with Gasteiger partial charge in [0.05, 0.1) is 16.7 Å². The first-order chi connectivity index (χ1) is 11.2. The molecule has 1 aromatic rings. The van der Waals surface area contributed by atoms with Crippen LogP contribution in [0.4, 0.5) is 4.79 Å². The molecule has 2 heterocycles. The zero-order valence-electron chi connectivity index (χ0n) is 14.4. The molecule has 0 radical (unpaired) electrons. The van der Waals surface area contributed by atoms with E-state index in [2.05, 4.69) is 29.0 Å². The molecule has 1 aliphatic carbocycles. The number of amides is 1. The fourth-order valence-electron chi connectivity index (χ4n) is 3.21. The van der Waals surface area contributed by atoms with E-state index in [4.69, 9.17) is 11.2 Å². The van der Waals surface area contributed by atoms with E-state index in [1.165, 1.54) is 0 Å². The number of fused-ring (bicyclic) bond motifs is 1. The van der Waals surface area contributed by atoms with Gasteiger partial charge in [0.15, 0.2) is 0 Å². The summed E-state index contributed by atoms with van der Waals surface area (Å²) in [5.74, 6) is 3.74. The van der Waals surface area contributed by atoms with Crippen molar-refractivity contribution in [1.82, 2.24) is 14.9 Å². The number of terminal acetylenes is 1. The third-order valence-electron chi connectivity index (χ3n) is 4.35. The normalized spacial score (nSPS) is 26.0. The molecule has 3 atom stereocenters. The van der Waals surface area contributed by atoms with E-state index in [-0.39, 0.29) is 18.2 Å². The number of hydrogen-bond acceptors (Lipinski definition) is 3. The minimum Gasteiger partial charge on any atom is -0.444 e. The molecule has 2 aliphatic rings. The van der Waals surface area contributed by atoms with Gasteiger partial charge in [-0.2, -0.15) is 0 Å². The lowest BCUT2D eigenvalue weighted by Crippen LogP contribution is -2.38. The third-order valence-corrected chi connectivity index (χ3v) is 4.35. The zero-order chi connectivity index (χ0) is 17.6. The van der Waals surface area contributed by atoms with Crippen LogP contribution in [0.1, 0.15) is 45.5 Å². The Morgan fingerprint density at radius 2 is 2.21 bits per heavy atom. The van der Waals surface area contributed by atoms with Gasteiger partial charge >= 0.3 is 6.09 Å². The third kappa shape index (κ3) is 3.09. The Balaban J connectivity index is 1.89. The summed E-state index contributed by atoms with van der Waals surface area (Å²) >= 11 is 0. The van der Waals surface area contributed by atoms with Crippen molar-refractivity contribution in [3.8, 4) is 12.3 Å². The van der Waals surface area contributed by atoms with Crippen LogP contribution in [0.5, 0.6) is 0 Å². The second-order valence-corrected chi connectivity index (χ2v) is 7.50. The Morgan fingerprint density at radius 3 is 2.83 bits per heavy atom. The highest BCUT2D eigenvalue weighted by Gasteiger charge is 2.56. The van der Waals surface area contributed by atoms with Crippen LogP contribution in [0, 0.1) is 18.3 Å². The summed E-state index contributed by atoms with van der Waals surface area (Å²) in [7, 11) is 0. The van der Waals surface area contributed by atoms with Gasteiger partial charge in [-0.1, -0.05) is 19.1 Å². The minimum absolute atomic E-state index is 0.106. The number of ether oxygens (including phenoxy) is 1. The van der Waals surface area contributed by atoms with E-state index in [1.807, 2.05) is 25.7 Å². The number of aromatic amines is 1. The molecule has 3 rings (SSSR count). The van der Waals surface area contributed by atoms with Crippen molar-refractivity contribution in [2.45, 2.75) is 51.3 Å². The van der Waals surface area contributed by atoms with Gasteiger partial charge in [-0.05, 0) is 45.6 Å². The van der Waals surface area contributed by atoms with E-state index in [0.29, 0.717) is 22.2 Å². The van der Waals surface area contributed by atoms with Gasteiger partial charge in [0.1, 0.15) is 11.4 Å². The Labute approximate surface area is 142 Å². The monoisotopic (exact) mass is 325 g/mol. The number of allylic oxidation sites excluding steroid dienone is 1. The lowest BCUT2D eigenvalue weighted by atomic mass is 10.1. The van der Waals surface area contributed by atoms with Crippen molar-refractivity contribution in [1.29, 1.82) is 0 Å². The number of nitrogens with zero attached hydrogens (tertiary/aromatic N) is 2. The highest BCUT2D eigenvalue weighted by molar-refractivity contribution is 5.70. The number of carbonyl (C=O) groups is 1. The number of rotatable bonds is 2. The van der Waals surface area contributed by atoms with Crippen molar-refractivity contribution >= 4 is 18.7 Å². The Bertz CT molecular complexity index is 837. The molecular formula is C19H23N3O2. The first-order valence-electron chi connectivity index (χ1n) is 8.13. The van der Waals surface area contributed by atoms with E-state index < -0.39 is 5.60 Å². The number of imidazole rings is 1. The quantitative estimate of drug-likeness (QED) is 0.845. The van der Waals surface area contributed by atoms with Gasteiger partial charge < -0.3 is 9.72 Å². The molecule has 0 bridgehead atoms. The molecule has 1 saturated heterocycles. The van der Waals surface area contributed by atoms with Crippen LogP contribution in [0.25, 0.3) is 12.7 Å². The molecule has 5 heteroatoms. The fourth-order valence-corrected chi connectivity index (χ4v) is 3.21. The molecule has 1 saturated carbocycles. The minimum atomic E-state index is -0.515. The lowest BCUT2D eigenvalue weighted by molar-refractivity contribution is 0.0175. The van der Waals surface area contributed by atoms with Gasteiger partial charge in [-0.15, -0.1) is 6.42 Å². The van der Waals surface area contributed by atoms with Crippen molar-refractivity contribution in [3.05, 3.63) is 28.7 Å². The largest absolute Gasteiger partial charge is 0.444 e. The average Bonchev–Trinajstić information content (AvgIpc) is 2.97. The molecule has 1 N–H and O–H groups in total. The molecule has 126 valence electrons. The number of H-pyrrole nitrogens is 1. The SMILES string of the molecule is C#CC(=C)/C=c1/nc([C@@H]2C[C@H]3CC3N2C(=O)OC(C)(C)C)[nH]c1=C. The molecular weight excluding hydrogens is 302 g/mol. The summed E-state index contributed by atoms with van der Waals surface area (Å²) in [5.41, 5.74) is 0.0230. The smallest absolute Gasteiger partial charge is 0.411 e. The van der Waals surface area contributed by atoms with Gasteiger partial charge in [0, 0.05) is 11.6 Å². The van der Waals surface area contributed by atoms with E-state index in [0.717, 1.165) is 18.7 Å². The number of piperidine rings is 1. The Morgan fingerprint density at radius 1 is 1.50 bits per heavy atom. The van der Waals surface area contributed by atoms with Crippen LogP contribution in [0.15, 0.2) is 12.2 Å². The molecule has 0 spiro atoms. The summed E-state index contributed by atoms with van der Waals surface area (Å²) in [6, 6.07) is 0.154. The van der Waals surface area contributed by atoms with E-state index >= 15 is 0 Å². The molecule has 0 aromatic carbocycles. The second kappa shape index (κ2) is 5.55. The number of hydrogen-bond donors (Lipinski definition) is 1. The summed E-state index contributed by atoms with van der Waals surface area (Å²) in [6.07, 6.45) is 8.71. The van der Waals surface area contributed by atoms with Gasteiger partial charge in [-0.3, -0.25) is 4.90 Å². The number of likely N-dealkylation sites (tertiary alicyclic amines) is 1. The first-order valence-corrected chi connectivity index (χ1v) is 8.13. The summed E-state index contributed by atoms with van der Waals surface area (Å²) in [5, 5.41) is 1.34. The predicted molar refractivity (Wildman–Crippen MR) is 93.1 cm³/mol. The Kier molecular flexibility index (Phi) is 3.79. The number of carbonyl (C=O) groups excluding carboxylic acids is 1. The first kappa shape index (κ1) is 16.4. The maximum Gasteiger partial charge on any atom is 0.411 e. The lowest BCUT2D eigenvalue weighted by Gasteiger charge is -2.29. The fraction of sp³-hybridized carbons (Fsp3) is 0.474. The summed E-state index contributed by atoms with van der Waals surface area (Å²) in [4.78, 5) is 22.2. The van der Waals surface area contributed by atoms with Crippen molar-refractivity contribution in [2.75, 3.05) is 0 Å². The second-order valence-electron chi connectivity index (χ2n) is 7.50. The zero-order valence-corrected chi connectivity index (χ0v) is 14.4. The molecule has 1 aliphatic heterocycles. The number of aromatic nitrogens is 2. The van der Waals surface area contributed by atoms with Crippen LogP contribution < -0.4 is 10.7 Å². The van der Waals surface area contributed by atoms with Crippen LogP contribution in [0.2, 0.25) is 0 Å². The van der Waals surface area contributed by atoms with Gasteiger partial charge in [-0.25, -0.2) is 9.78 Å². The van der Waals surface area contributed by atoms with Crippen LogP contribution in [-0.2, 0) is 4.74 Å². The van der Waals surface area contributed by atoms with Crippen molar-refractivity contribution in [2.24, 2.45) is 5.92 Å². The standard InChI is InChI=1S/C19H23N3O2/c1-7-11(2)8-14-12(3)20-17(21-14)16-10-13-9-15(13)22(16)18(23)24-19(4,5)6/h1,8,13,15-16H,2-3,9-10H2,4-6H3,(H,20,21)/b14-8+/t13-,15?,16+/m1/s1.